The molecule has 0 aliphatic carbocycles. The van der Waals surface area contributed by atoms with E-state index in [2.05, 4.69) is 9.38 Å². The highest BCUT2D eigenvalue weighted by atomic mass is 32.2. The number of carbonyl (C=O) groups is 1. The van der Waals surface area contributed by atoms with Crippen LogP contribution < -0.4 is 10.5 Å². The van der Waals surface area contributed by atoms with E-state index in [0.29, 0.717) is 42.1 Å². The number of aryl methyl sites for hydroxylation is 1. The first-order valence-corrected chi connectivity index (χ1v) is 12.9. The van der Waals surface area contributed by atoms with Crippen molar-refractivity contribution in [3.05, 3.63) is 70.9 Å². The molecular formula is C25H26N4O4S. The fourth-order valence-electron chi connectivity index (χ4n) is 4.74. The summed E-state index contributed by atoms with van der Waals surface area (Å²) in [6.45, 7) is 3.69. The monoisotopic (exact) mass is 478 g/mol. The van der Waals surface area contributed by atoms with Crippen LogP contribution in [0.1, 0.15) is 39.9 Å². The molecule has 2 aliphatic rings. The summed E-state index contributed by atoms with van der Waals surface area (Å²) >= 11 is 0. The molecular weight excluding hydrogens is 452 g/mol. The van der Waals surface area contributed by atoms with Crippen molar-refractivity contribution in [3.63, 3.8) is 0 Å². The molecule has 3 aromatic rings. The van der Waals surface area contributed by atoms with Crippen LogP contribution in [0.25, 0.3) is 10.9 Å². The standard InChI is InChI=1S/C25H26N4O4S/c1-16-7-8-21-20(12-16)19(9-10-27-21)25(30)29-11-3-4-17(13-29)14-33-22-6-2-5-18-15-34(31,32)28-24(26)23(18)22/h2,5-10,12,17H,3-4,11,13-15H2,1H3,(H2,26,28)/t17-/m0/s1. The Kier molecular flexibility index (Phi) is 5.73. The van der Waals surface area contributed by atoms with Gasteiger partial charge in [-0.05, 0) is 49.6 Å². The van der Waals surface area contributed by atoms with Crippen molar-refractivity contribution in [3.8, 4) is 5.75 Å². The van der Waals surface area contributed by atoms with E-state index in [1.165, 1.54) is 0 Å². The number of nitrogens with two attached hydrogens (primary N) is 1. The Morgan fingerprint density at radius 1 is 1.24 bits per heavy atom. The number of carbonyl (C=O) groups excluding carboxylic acids is 1. The summed E-state index contributed by atoms with van der Waals surface area (Å²) in [6.07, 6.45) is 3.50. The number of hydrogen-bond acceptors (Lipinski definition) is 6. The molecule has 0 saturated carbocycles. The average Bonchev–Trinajstić information content (AvgIpc) is 2.81. The molecule has 2 N–H and O–H groups in total. The molecule has 1 amide bonds. The molecule has 0 radical (unpaired) electrons. The van der Waals surface area contributed by atoms with Crippen LogP contribution >= 0.6 is 0 Å². The number of amidine groups is 1. The van der Waals surface area contributed by atoms with Gasteiger partial charge in [-0.3, -0.25) is 9.78 Å². The van der Waals surface area contributed by atoms with Crippen molar-refractivity contribution in [2.75, 3.05) is 19.7 Å². The third kappa shape index (κ3) is 4.35. The fraction of sp³-hybridized carbons (Fsp3) is 0.320. The second kappa shape index (κ2) is 8.72. The summed E-state index contributed by atoms with van der Waals surface area (Å²) in [5, 5.41) is 0.867. The summed E-state index contributed by atoms with van der Waals surface area (Å²) in [5.74, 6) is 0.436. The Morgan fingerprint density at radius 2 is 2.09 bits per heavy atom. The Bertz CT molecular complexity index is 1420. The maximum atomic E-state index is 13.4. The van der Waals surface area contributed by atoms with Gasteiger partial charge in [0.1, 0.15) is 11.6 Å². The van der Waals surface area contributed by atoms with Crippen molar-refractivity contribution < 1.29 is 17.9 Å². The largest absolute Gasteiger partial charge is 0.492 e. The molecule has 1 aromatic heterocycles. The van der Waals surface area contributed by atoms with Crippen LogP contribution in [0.5, 0.6) is 5.75 Å². The number of hydrogen-bond donors (Lipinski definition) is 1. The Hall–Kier alpha value is -3.46. The number of fused-ring (bicyclic) bond motifs is 2. The quantitative estimate of drug-likeness (QED) is 0.616. The van der Waals surface area contributed by atoms with Gasteiger partial charge in [-0.25, -0.2) is 8.42 Å². The number of benzene rings is 2. The Morgan fingerprint density at radius 3 is 2.94 bits per heavy atom. The van der Waals surface area contributed by atoms with E-state index in [4.69, 9.17) is 10.5 Å². The van der Waals surface area contributed by atoms with E-state index in [1.807, 2.05) is 30.0 Å². The first kappa shape index (κ1) is 22.3. The zero-order chi connectivity index (χ0) is 23.9. The number of nitrogens with zero attached hydrogens (tertiary/aromatic N) is 3. The number of piperidine rings is 1. The van der Waals surface area contributed by atoms with Gasteiger partial charge in [0.05, 0.1) is 29.0 Å². The van der Waals surface area contributed by atoms with Crippen LogP contribution in [-0.2, 0) is 15.8 Å². The molecule has 1 atom stereocenters. The van der Waals surface area contributed by atoms with E-state index in [-0.39, 0.29) is 23.4 Å². The van der Waals surface area contributed by atoms with E-state index >= 15 is 0 Å². The Balaban J connectivity index is 1.31. The molecule has 34 heavy (non-hydrogen) atoms. The molecule has 5 rings (SSSR count). The lowest BCUT2D eigenvalue weighted by Crippen LogP contribution is -2.41. The highest BCUT2D eigenvalue weighted by molar-refractivity contribution is 7.89. The molecule has 2 aromatic carbocycles. The second-order valence-corrected chi connectivity index (χ2v) is 10.6. The molecule has 2 aliphatic heterocycles. The molecule has 0 spiro atoms. The molecule has 9 heteroatoms. The van der Waals surface area contributed by atoms with Crippen LogP contribution in [0, 0.1) is 12.8 Å². The van der Waals surface area contributed by atoms with Gasteiger partial charge in [-0.2, -0.15) is 0 Å². The molecule has 3 heterocycles. The van der Waals surface area contributed by atoms with E-state index in [0.717, 1.165) is 29.3 Å². The van der Waals surface area contributed by atoms with Crippen molar-refractivity contribution in [1.29, 1.82) is 0 Å². The third-order valence-corrected chi connectivity index (χ3v) is 7.50. The lowest BCUT2D eigenvalue weighted by atomic mass is 9.97. The van der Waals surface area contributed by atoms with Gasteiger partial charge in [0.2, 0.25) is 0 Å². The lowest BCUT2D eigenvalue weighted by molar-refractivity contribution is 0.0635. The van der Waals surface area contributed by atoms with E-state index in [1.54, 1.807) is 30.5 Å². The zero-order valence-electron chi connectivity index (χ0n) is 18.9. The van der Waals surface area contributed by atoms with Gasteiger partial charge < -0.3 is 15.4 Å². The topological polar surface area (TPSA) is 115 Å². The SMILES string of the molecule is Cc1ccc2nccc(C(=O)N3CCC[C@H](COc4cccc5c4C(N)=NS(=O)(=O)C5)C3)c2c1. The smallest absolute Gasteiger partial charge is 0.259 e. The van der Waals surface area contributed by atoms with Crippen LogP contribution in [0.4, 0.5) is 0 Å². The predicted molar refractivity (Wildman–Crippen MR) is 130 cm³/mol. The minimum atomic E-state index is -3.60. The predicted octanol–water partition coefficient (Wildman–Crippen LogP) is 3.02. The maximum absolute atomic E-state index is 13.4. The average molecular weight is 479 g/mol. The van der Waals surface area contributed by atoms with Crippen molar-refractivity contribution in [2.45, 2.75) is 25.5 Å². The van der Waals surface area contributed by atoms with Gasteiger partial charge >= 0.3 is 0 Å². The number of likely N-dealkylation sites (tertiary alicyclic amines) is 1. The highest BCUT2D eigenvalue weighted by Gasteiger charge is 2.28. The first-order valence-electron chi connectivity index (χ1n) is 11.3. The van der Waals surface area contributed by atoms with Gasteiger partial charge in [0.25, 0.3) is 15.9 Å². The van der Waals surface area contributed by atoms with Gasteiger partial charge in [0, 0.05) is 30.6 Å². The number of amides is 1. The normalized spacial score (nSPS) is 19.4. The van der Waals surface area contributed by atoms with Gasteiger partial charge in [-0.1, -0.05) is 23.8 Å². The minimum absolute atomic E-state index is 0.00127. The van der Waals surface area contributed by atoms with Crippen LogP contribution in [0.15, 0.2) is 53.1 Å². The third-order valence-electron chi connectivity index (χ3n) is 6.35. The Labute approximate surface area is 198 Å². The van der Waals surface area contributed by atoms with Crippen molar-refractivity contribution in [2.24, 2.45) is 16.0 Å². The first-order chi connectivity index (χ1) is 16.3. The molecule has 1 fully saturated rings. The molecule has 1 saturated heterocycles. The summed E-state index contributed by atoms with van der Waals surface area (Å²) in [7, 11) is -3.60. The van der Waals surface area contributed by atoms with Crippen LogP contribution in [-0.4, -0.2) is 49.7 Å². The van der Waals surface area contributed by atoms with Crippen molar-refractivity contribution >= 4 is 32.7 Å². The molecule has 8 nitrogen and oxygen atoms in total. The van der Waals surface area contributed by atoms with Gasteiger partial charge in [0.15, 0.2) is 0 Å². The van der Waals surface area contributed by atoms with Crippen LogP contribution in [0.3, 0.4) is 0 Å². The number of rotatable bonds is 4. The summed E-state index contributed by atoms with van der Waals surface area (Å²) in [5.41, 5.74) is 9.63. The van der Waals surface area contributed by atoms with E-state index < -0.39 is 10.0 Å². The fourth-order valence-corrected chi connectivity index (χ4v) is 5.83. The molecule has 0 unspecified atom stereocenters. The summed E-state index contributed by atoms with van der Waals surface area (Å²) < 4.78 is 33.6. The summed E-state index contributed by atoms with van der Waals surface area (Å²) in [6, 6.07) is 13.0. The zero-order valence-corrected chi connectivity index (χ0v) is 19.7. The van der Waals surface area contributed by atoms with Gasteiger partial charge in [-0.15, -0.1) is 4.40 Å². The second-order valence-electron chi connectivity index (χ2n) is 8.94. The highest BCUT2D eigenvalue weighted by Crippen LogP contribution is 2.29. The molecule has 176 valence electrons. The number of sulfonamides is 1. The number of aromatic nitrogens is 1. The summed E-state index contributed by atoms with van der Waals surface area (Å²) in [4.78, 5) is 19.7. The van der Waals surface area contributed by atoms with Crippen LogP contribution in [0.2, 0.25) is 0 Å². The maximum Gasteiger partial charge on any atom is 0.259 e. The van der Waals surface area contributed by atoms with Crippen molar-refractivity contribution in [1.82, 2.24) is 9.88 Å². The number of pyridine rings is 1. The molecule has 0 bridgehead atoms. The lowest BCUT2D eigenvalue weighted by Gasteiger charge is -2.33. The van der Waals surface area contributed by atoms with E-state index in [9.17, 15) is 13.2 Å². The number of ether oxygens (including phenoxy) is 1. The minimum Gasteiger partial charge on any atom is -0.492 e.